The highest BCUT2D eigenvalue weighted by molar-refractivity contribution is 6.11. The monoisotopic (exact) mass is 524 g/mol. The van der Waals surface area contributed by atoms with E-state index in [4.69, 9.17) is 0 Å². The summed E-state index contributed by atoms with van der Waals surface area (Å²) in [5.74, 6) is -0.309. The summed E-state index contributed by atoms with van der Waals surface area (Å²) in [6, 6.07) is 30.9. The summed E-state index contributed by atoms with van der Waals surface area (Å²) < 4.78 is 0. The minimum Gasteiger partial charge on any atom is -0.354 e. The first kappa shape index (κ1) is 25.1. The lowest BCUT2D eigenvalue weighted by Crippen LogP contribution is -2.30. The van der Waals surface area contributed by atoms with Crippen LogP contribution in [-0.4, -0.2) is 16.8 Å². The molecule has 0 aliphatic carbocycles. The maximum Gasteiger partial charge on any atom is 0.258 e. The van der Waals surface area contributed by atoms with Crippen molar-refractivity contribution in [2.75, 3.05) is 15.5 Å². The number of nitrogens with one attached hydrogen (secondary N) is 2. The molecule has 2 heterocycles. The molecule has 0 saturated carbocycles. The van der Waals surface area contributed by atoms with Gasteiger partial charge in [-0.2, -0.15) is 0 Å². The van der Waals surface area contributed by atoms with Crippen LogP contribution in [0.2, 0.25) is 0 Å². The minimum atomic E-state index is -0.217. The quantitative estimate of drug-likeness (QED) is 0.255. The van der Waals surface area contributed by atoms with Crippen LogP contribution in [0.25, 0.3) is 11.1 Å². The zero-order valence-corrected chi connectivity index (χ0v) is 22.3. The minimum absolute atomic E-state index is 0.0913. The average molecular weight is 525 g/mol. The molecule has 1 aromatic heterocycles. The number of hydrogen-bond acceptors (Lipinski definition) is 4. The van der Waals surface area contributed by atoms with Crippen molar-refractivity contribution in [3.63, 3.8) is 0 Å². The lowest BCUT2D eigenvalue weighted by atomic mass is 9.99. The van der Waals surface area contributed by atoms with Crippen molar-refractivity contribution in [1.82, 2.24) is 4.98 Å². The molecule has 0 bridgehead atoms. The fraction of sp³-hybridized carbons (Fsp3) is 0.0882. The molecule has 4 aromatic carbocycles. The Bertz CT molecular complexity index is 1750. The number of carbonyl (C=O) groups is 2. The van der Waals surface area contributed by atoms with Gasteiger partial charge in [-0.1, -0.05) is 54.6 Å². The smallest absolute Gasteiger partial charge is 0.258 e. The Kier molecular flexibility index (Phi) is 6.58. The molecule has 1 aliphatic rings. The van der Waals surface area contributed by atoms with Crippen molar-refractivity contribution in [3.05, 3.63) is 137 Å². The van der Waals surface area contributed by atoms with Crippen LogP contribution >= 0.6 is 0 Å². The second kappa shape index (κ2) is 10.5. The fourth-order valence-corrected chi connectivity index (χ4v) is 5.15. The van der Waals surface area contributed by atoms with Gasteiger partial charge in [0.2, 0.25) is 0 Å². The molecule has 1 aliphatic heterocycles. The number of aromatic nitrogens is 1. The van der Waals surface area contributed by atoms with E-state index in [0.717, 1.165) is 44.9 Å². The lowest BCUT2D eigenvalue weighted by molar-refractivity contribution is 0.0983. The van der Waals surface area contributed by atoms with E-state index >= 15 is 0 Å². The molecule has 6 heteroatoms. The Morgan fingerprint density at radius 3 is 2.38 bits per heavy atom. The molecular formula is C34H28N4O2. The number of amides is 2. The summed E-state index contributed by atoms with van der Waals surface area (Å²) in [4.78, 5) is 33.5. The molecule has 196 valence electrons. The van der Waals surface area contributed by atoms with Crippen LogP contribution in [0.4, 0.5) is 22.7 Å². The third-order valence-electron chi connectivity index (χ3n) is 7.25. The molecule has 40 heavy (non-hydrogen) atoms. The second-order valence-electron chi connectivity index (χ2n) is 9.91. The lowest BCUT2D eigenvalue weighted by Gasteiger charge is -2.24. The van der Waals surface area contributed by atoms with Crippen LogP contribution in [0, 0.1) is 13.8 Å². The van der Waals surface area contributed by atoms with E-state index < -0.39 is 0 Å². The molecule has 0 saturated heterocycles. The van der Waals surface area contributed by atoms with Crippen LogP contribution in [0.5, 0.6) is 0 Å². The zero-order chi connectivity index (χ0) is 27.6. The number of carbonyl (C=O) groups excluding carboxylic acids is 2. The van der Waals surface area contributed by atoms with Crippen molar-refractivity contribution >= 4 is 34.6 Å². The topological polar surface area (TPSA) is 74.3 Å². The van der Waals surface area contributed by atoms with Crippen LogP contribution in [-0.2, 0) is 6.54 Å². The maximum absolute atomic E-state index is 14.1. The predicted octanol–water partition coefficient (Wildman–Crippen LogP) is 7.52. The molecule has 6 nitrogen and oxygen atoms in total. The predicted molar refractivity (Wildman–Crippen MR) is 160 cm³/mol. The van der Waals surface area contributed by atoms with Crippen LogP contribution in [0.3, 0.4) is 0 Å². The average Bonchev–Trinajstić information content (AvgIpc) is 3.16. The molecule has 5 aromatic rings. The highest BCUT2D eigenvalue weighted by Crippen LogP contribution is 2.37. The van der Waals surface area contributed by atoms with Crippen LogP contribution in [0.15, 0.2) is 109 Å². The summed E-state index contributed by atoms with van der Waals surface area (Å²) in [5.41, 5.74) is 8.83. The van der Waals surface area contributed by atoms with Crippen molar-refractivity contribution in [2.45, 2.75) is 20.4 Å². The second-order valence-corrected chi connectivity index (χ2v) is 9.91. The SMILES string of the molecule is Cc1cc(C(=O)N2Cc3ccccc3Nc3ccccc32)c(C)cc1NC(=O)c1ccccc1-c1cccnc1. The number of fused-ring (bicyclic) bond motifs is 2. The molecule has 0 atom stereocenters. The van der Waals surface area contributed by atoms with Gasteiger partial charge in [0.15, 0.2) is 0 Å². The number of nitrogens with zero attached hydrogens (tertiary/aromatic N) is 2. The van der Waals surface area contributed by atoms with E-state index in [1.54, 1.807) is 18.5 Å². The number of pyridine rings is 1. The summed E-state index contributed by atoms with van der Waals surface area (Å²) >= 11 is 0. The molecular weight excluding hydrogens is 496 g/mol. The van der Waals surface area contributed by atoms with E-state index in [1.165, 1.54) is 0 Å². The highest BCUT2D eigenvalue weighted by Gasteiger charge is 2.26. The largest absolute Gasteiger partial charge is 0.354 e. The number of hydrogen-bond donors (Lipinski definition) is 2. The van der Waals surface area contributed by atoms with Crippen molar-refractivity contribution < 1.29 is 9.59 Å². The first-order valence-electron chi connectivity index (χ1n) is 13.2. The maximum atomic E-state index is 14.1. The van der Waals surface area contributed by atoms with Gasteiger partial charge in [0.1, 0.15) is 0 Å². The standard InChI is InChI=1S/C34H28N4O2/c1-22-19-31(37-33(39)27-13-5-4-12-26(27)24-11-9-17-35-20-24)23(2)18-28(22)34(40)38-21-25-10-3-6-14-29(25)36-30-15-7-8-16-32(30)38/h3-20,36H,21H2,1-2H3,(H,37,39). The molecule has 0 fully saturated rings. The van der Waals surface area contributed by atoms with Crippen molar-refractivity contribution in [1.29, 1.82) is 0 Å². The number of aryl methyl sites for hydroxylation is 2. The van der Waals surface area contributed by atoms with E-state index in [-0.39, 0.29) is 11.8 Å². The molecule has 0 spiro atoms. The zero-order valence-electron chi connectivity index (χ0n) is 22.3. The van der Waals surface area contributed by atoms with Gasteiger partial charge in [0.05, 0.1) is 17.9 Å². The first-order chi connectivity index (χ1) is 19.5. The molecule has 2 N–H and O–H groups in total. The molecule has 6 rings (SSSR count). The van der Waals surface area contributed by atoms with Gasteiger partial charge < -0.3 is 15.5 Å². The normalized spacial score (nSPS) is 12.0. The summed E-state index contributed by atoms with van der Waals surface area (Å²) in [6.45, 7) is 4.26. The van der Waals surface area contributed by atoms with Crippen LogP contribution in [0.1, 0.15) is 37.4 Å². The van der Waals surface area contributed by atoms with Gasteiger partial charge in [-0.15, -0.1) is 0 Å². The third-order valence-corrected chi connectivity index (χ3v) is 7.25. The molecule has 0 radical (unpaired) electrons. The molecule has 0 unspecified atom stereocenters. The summed E-state index contributed by atoms with van der Waals surface area (Å²) in [5, 5.41) is 6.55. The van der Waals surface area contributed by atoms with Crippen LogP contribution < -0.4 is 15.5 Å². The number of anilines is 4. The van der Waals surface area contributed by atoms with Gasteiger partial charge in [-0.25, -0.2) is 0 Å². The Morgan fingerprint density at radius 2 is 1.55 bits per heavy atom. The number of para-hydroxylation sites is 3. The third kappa shape index (κ3) is 4.71. The van der Waals surface area contributed by atoms with E-state index in [0.29, 0.717) is 23.4 Å². The Morgan fingerprint density at radius 1 is 0.800 bits per heavy atom. The van der Waals surface area contributed by atoms with Gasteiger partial charge in [0, 0.05) is 40.5 Å². The fourth-order valence-electron chi connectivity index (χ4n) is 5.15. The van der Waals surface area contributed by atoms with Crippen molar-refractivity contribution in [3.8, 4) is 11.1 Å². The highest BCUT2D eigenvalue weighted by atomic mass is 16.2. The van der Waals surface area contributed by atoms with Gasteiger partial charge >= 0.3 is 0 Å². The Labute approximate surface area is 233 Å². The van der Waals surface area contributed by atoms with Crippen molar-refractivity contribution in [2.24, 2.45) is 0 Å². The summed E-state index contributed by atoms with van der Waals surface area (Å²) in [6.07, 6.45) is 3.46. The number of benzene rings is 4. The Balaban J connectivity index is 1.31. The Hall–Kier alpha value is -5.23. The summed E-state index contributed by atoms with van der Waals surface area (Å²) in [7, 11) is 0. The van der Waals surface area contributed by atoms with Gasteiger partial charge in [-0.05, 0) is 78.6 Å². The van der Waals surface area contributed by atoms with E-state index in [9.17, 15) is 9.59 Å². The van der Waals surface area contributed by atoms with E-state index in [1.807, 2.05) is 110 Å². The van der Waals surface area contributed by atoms with Gasteiger partial charge in [0.25, 0.3) is 11.8 Å². The molecule has 2 amide bonds. The van der Waals surface area contributed by atoms with Gasteiger partial charge in [-0.3, -0.25) is 14.6 Å². The first-order valence-corrected chi connectivity index (χ1v) is 13.2. The van der Waals surface area contributed by atoms with E-state index in [2.05, 4.69) is 15.6 Å². The number of rotatable bonds is 4.